The van der Waals surface area contributed by atoms with Gasteiger partial charge in [-0.25, -0.2) is 0 Å². The molecule has 1 heterocycles. The summed E-state index contributed by atoms with van der Waals surface area (Å²) in [7, 11) is 0. The molecule has 1 aromatic heterocycles. The van der Waals surface area contributed by atoms with Gasteiger partial charge in [-0.2, -0.15) is 0 Å². The third kappa shape index (κ3) is 1.30. The lowest BCUT2D eigenvalue weighted by Gasteiger charge is -1.93. The van der Waals surface area contributed by atoms with Gasteiger partial charge in [-0.1, -0.05) is 0 Å². The molecular weight excluding hydrogens is 380 g/mol. The molecule has 62 valence electrons. The first kappa shape index (κ1) is 8.61. The predicted molar refractivity (Wildman–Crippen MR) is 65.7 cm³/mol. The molecule has 0 atom stereocenters. The predicted octanol–water partition coefficient (Wildman–Crippen LogP) is 3.15. The number of aromatic hydroxyl groups is 1. The van der Waals surface area contributed by atoms with Crippen LogP contribution >= 0.6 is 45.5 Å². The molecule has 1 aromatic carbocycles. The van der Waals surface area contributed by atoms with Crippen LogP contribution in [0.1, 0.15) is 0 Å². The molecule has 2 aromatic rings. The third-order valence-corrected chi connectivity index (χ3v) is 3.17. The van der Waals surface area contributed by atoms with Crippen molar-refractivity contribution in [1.29, 1.82) is 0 Å². The normalized spacial score (nSPS) is 10.8. The van der Waals surface area contributed by atoms with Gasteiger partial charge < -0.3 is 5.11 Å². The van der Waals surface area contributed by atoms with Crippen molar-refractivity contribution in [2.24, 2.45) is 0 Å². The molecular formula is C8H5I2NO. The first-order chi connectivity index (χ1) is 5.68. The highest BCUT2D eigenvalue weighted by Gasteiger charge is 2.05. The van der Waals surface area contributed by atoms with E-state index in [1.54, 1.807) is 6.20 Å². The fourth-order valence-electron chi connectivity index (χ4n) is 1.15. The van der Waals surface area contributed by atoms with Gasteiger partial charge in [0.15, 0.2) is 0 Å². The van der Waals surface area contributed by atoms with E-state index in [0.29, 0.717) is 5.75 Å². The minimum absolute atomic E-state index is 0.345. The van der Waals surface area contributed by atoms with Gasteiger partial charge in [-0.05, 0) is 40.8 Å². The number of benzene rings is 1. The van der Waals surface area contributed by atoms with E-state index in [1.807, 2.05) is 21.0 Å². The van der Waals surface area contributed by atoms with Crippen LogP contribution in [-0.2, 0) is 0 Å². The molecule has 0 spiro atoms. The monoisotopic (exact) mass is 385 g/mol. The van der Waals surface area contributed by atoms with Gasteiger partial charge in [-0.15, -0.1) is 0 Å². The molecule has 0 amide bonds. The first-order valence-electron chi connectivity index (χ1n) is 3.34. The lowest BCUT2D eigenvalue weighted by atomic mass is 10.2. The van der Waals surface area contributed by atoms with E-state index in [-0.39, 0.29) is 0 Å². The summed E-state index contributed by atoms with van der Waals surface area (Å²) in [5, 5.41) is 10.4. The van der Waals surface area contributed by atoms with Crippen LogP contribution in [0, 0.1) is 3.57 Å². The van der Waals surface area contributed by atoms with Gasteiger partial charge in [0.05, 0.1) is 34.6 Å². The van der Waals surface area contributed by atoms with Gasteiger partial charge in [0.2, 0.25) is 0 Å². The summed E-state index contributed by atoms with van der Waals surface area (Å²) in [5.41, 5.74) is 1.05. The van der Waals surface area contributed by atoms with Crippen LogP contribution in [0.5, 0.6) is 5.75 Å². The molecule has 0 aliphatic carbocycles. The van der Waals surface area contributed by atoms with Crippen LogP contribution < -0.4 is 0 Å². The Balaban J connectivity index is 2.90. The fourth-order valence-corrected chi connectivity index (χ4v) is 2.32. The minimum atomic E-state index is 0.345. The Morgan fingerprint density at radius 1 is 1.33 bits per heavy atom. The molecule has 2 nitrogen and oxygen atoms in total. The second kappa shape index (κ2) is 3.06. The Morgan fingerprint density at radius 3 is 2.83 bits per heavy atom. The SMILES string of the molecule is Oc1cn(I)c2ccc(I)cc12. The molecule has 0 aliphatic rings. The standard InChI is InChI=1S/C8H5I2NO/c9-5-1-2-7-6(3-5)8(12)4-11(7)10/h1-4,12H. The van der Waals surface area contributed by atoms with E-state index in [9.17, 15) is 5.11 Å². The third-order valence-electron chi connectivity index (χ3n) is 1.70. The summed E-state index contributed by atoms with van der Waals surface area (Å²) in [5.74, 6) is 0.345. The van der Waals surface area contributed by atoms with E-state index in [4.69, 9.17) is 0 Å². The summed E-state index contributed by atoms with van der Waals surface area (Å²) in [6.07, 6.45) is 1.71. The van der Waals surface area contributed by atoms with Crippen molar-refractivity contribution in [3.8, 4) is 5.75 Å². The van der Waals surface area contributed by atoms with Crippen LogP contribution in [0.2, 0.25) is 0 Å². The number of aromatic nitrogens is 1. The zero-order chi connectivity index (χ0) is 8.72. The van der Waals surface area contributed by atoms with Gasteiger partial charge in [0.25, 0.3) is 0 Å². The molecule has 0 fully saturated rings. The quantitative estimate of drug-likeness (QED) is 0.693. The lowest BCUT2D eigenvalue weighted by molar-refractivity contribution is 0.481. The van der Waals surface area contributed by atoms with Crippen LogP contribution in [0.25, 0.3) is 10.9 Å². The van der Waals surface area contributed by atoms with Crippen molar-refractivity contribution >= 4 is 56.4 Å². The van der Waals surface area contributed by atoms with Gasteiger partial charge in [-0.3, -0.25) is 2.78 Å². The Hall–Kier alpha value is 0.0200. The van der Waals surface area contributed by atoms with E-state index >= 15 is 0 Å². The Bertz CT molecular complexity index is 436. The van der Waals surface area contributed by atoms with Gasteiger partial charge >= 0.3 is 0 Å². The summed E-state index contributed by atoms with van der Waals surface area (Å²) in [6.45, 7) is 0. The maximum Gasteiger partial charge on any atom is 0.141 e. The zero-order valence-corrected chi connectivity index (χ0v) is 10.3. The van der Waals surface area contributed by atoms with Gasteiger partial charge in [0, 0.05) is 8.96 Å². The van der Waals surface area contributed by atoms with Crippen molar-refractivity contribution in [2.75, 3.05) is 0 Å². The maximum atomic E-state index is 9.49. The largest absolute Gasteiger partial charge is 0.506 e. The average molecular weight is 385 g/mol. The highest BCUT2D eigenvalue weighted by atomic mass is 127. The summed E-state index contributed by atoms with van der Waals surface area (Å²) >= 11 is 4.38. The number of hydrogen-bond acceptors (Lipinski definition) is 1. The Kier molecular flexibility index (Phi) is 2.19. The number of halogens is 2. The second-order valence-electron chi connectivity index (χ2n) is 2.49. The maximum absolute atomic E-state index is 9.49. The number of fused-ring (bicyclic) bond motifs is 1. The molecule has 4 heteroatoms. The number of hydrogen-bond donors (Lipinski definition) is 1. The van der Waals surface area contributed by atoms with Crippen molar-refractivity contribution in [3.05, 3.63) is 28.0 Å². The van der Waals surface area contributed by atoms with Crippen molar-refractivity contribution in [1.82, 2.24) is 2.78 Å². The van der Waals surface area contributed by atoms with E-state index < -0.39 is 0 Å². The van der Waals surface area contributed by atoms with Crippen LogP contribution in [0.3, 0.4) is 0 Å². The fraction of sp³-hybridized carbons (Fsp3) is 0. The van der Waals surface area contributed by atoms with Crippen molar-refractivity contribution in [2.45, 2.75) is 0 Å². The van der Waals surface area contributed by atoms with Gasteiger partial charge in [0.1, 0.15) is 5.75 Å². The Labute approximate surface area is 97.2 Å². The molecule has 12 heavy (non-hydrogen) atoms. The zero-order valence-electron chi connectivity index (χ0n) is 5.96. The molecule has 0 unspecified atom stereocenters. The topological polar surface area (TPSA) is 25.2 Å². The van der Waals surface area contributed by atoms with E-state index in [0.717, 1.165) is 14.5 Å². The number of rotatable bonds is 0. The molecule has 1 N–H and O–H groups in total. The summed E-state index contributed by atoms with van der Waals surface area (Å²) in [4.78, 5) is 0. The summed E-state index contributed by atoms with van der Waals surface area (Å²) < 4.78 is 3.02. The molecule has 0 saturated carbocycles. The van der Waals surface area contributed by atoms with Crippen LogP contribution in [-0.4, -0.2) is 7.89 Å². The minimum Gasteiger partial charge on any atom is -0.506 e. The highest BCUT2D eigenvalue weighted by Crippen LogP contribution is 2.29. The van der Waals surface area contributed by atoms with Crippen LogP contribution in [0.4, 0.5) is 0 Å². The van der Waals surface area contributed by atoms with Crippen LogP contribution in [0.15, 0.2) is 24.4 Å². The Morgan fingerprint density at radius 2 is 2.08 bits per heavy atom. The smallest absolute Gasteiger partial charge is 0.141 e. The number of nitrogens with zero attached hydrogens (tertiary/aromatic N) is 1. The molecule has 0 bridgehead atoms. The summed E-state index contributed by atoms with van der Waals surface area (Å²) in [6, 6.07) is 6.00. The molecule has 2 rings (SSSR count). The van der Waals surface area contributed by atoms with E-state index in [1.165, 1.54) is 0 Å². The highest BCUT2D eigenvalue weighted by molar-refractivity contribution is 14.1. The average Bonchev–Trinajstić information content (AvgIpc) is 2.28. The lowest BCUT2D eigenvalue weighted by Crippen LogP contribution is -1.75. The molecule has 0 aliphatic heterocycles. The van der Waals surface area contributed by atoms with Crippen molar-refractivity contribution in [3.63, 3.8) is 0 Å². The van der Waals surface area contributed by atoms with E-state index in [2.05, 4.69) is 45.5 Å². The first-order valence-corrected chi connectivity index (χ1v) is 5.38. The molecule has 0 radical (unpaired) electrons. The second-order valence-corrected chi connectivity index (χ2v) is 4.77. The van der Waals surface area contributed by atoms with Crippen molar-refractivity contribution < 1.29 is 5.11 Å². The molecule has 0 saturated heterocycles.